The van der Waals surface area contributed by atoms with Gasteiger partial charge in [-0.15, -0.1) is 0 Å². The van der Waals surface area contributed by atoms with Gasteiger partial charge in [0, 0.05) is 43.4 Å². The Hall–Kier alpha value is -3.55. The molecule has 0 aliphatic carbocycles. The average Bonchev–Trinajstić information content (AvgIpc) is 3.25. The van der Waals surface area contributed by atoms with E-state index in [-0.39, 0.29) is 30.3 Å². The molecule has 1 aliphatic rings. The zero-order chi connectivity index (χ0) is 21.3. The predicted molar refractivity (Wildman–Crippen MR) is 105 cm³/mol. The number of rotatable bonds is 3. The first-order chi connectivity index (χ1) is 14.4. The lowest BCUT2D eigenvalue weighted by molar-refractivity contribution is 0.0512. The van der Waals surface area contributed by atoms with Crippen LogP contribution in [0.25, 0.3) is 11.3 Å². The molecular weight excluding hydrogens is 392 g/mol. The smallest absolute Gasteiger partial charge is 0.292 e. The van der Waals surface area contributed by atoms with Gasteiger partial charge in [-0.2, -0.15) is 0 Å². The number of aryl methyl sites for hydroxylation is 1. The molecule has 8 heteroatoms. The molecule has 2 aromatic carbocycles. The normalized spacial score (nSPS) is 14.1. The number of hydrogen-bond donors (Lipinski definition) is 0. The highest BCUT2D eigenvalue weighted by Gasteiger charge is 2.28. The van der Waals surface area contributed by atoms with Crippen molar-refractivity contribution in [3.05, 3.63) is 77.1 Å². The second-order valence-corrected chi connectivity index (χ2v) is 7.16. The zero-order valence-corrected chi connectivity index (χ0v) is 16.3. The Morgan fingerprint density at radius 3 is 2.13 bits per heavy atom. The topological polar surface area (TPSA) is 66.7 Å². The number of carbonyl (C=O) groups excluding carboxylic acids is 2. The molecule has 0 saturated carbocycles. The minimum Gasteiger partial charge on any atom is -0.350 e. The van der Waals surface area contributed by atoms with E-state index in [1.54, 1.807) is 11.0 Å². The highest BCUT2D eigenvalue weighted by Crippen LogP contribution is 2.21. The van der Waals surface area contributed by atoms with Crippen molar-refractivity contribution in [1.29, 1.82) is 0 Å². The molecule has 30 heavy (non-hydrogen) atoms. The maximum atomic E-state index is 13.4. The SMILES string of the molecule is Cc1ccc(-c2cc(C(=O)N3CCN(C(=O)c4ccc(F)c(F)c4)CC3)on2)cc1. The van der Waals surface area contributed by atoms with Crippen LogP contribution in [0.4, 0.5) is 8.78 Å². The van der Waals surface area contributed by atoms with Gasteiger partial charge >= 0.3 is 0 Å². The van der Waals surface area contributed by atoms with Gasteiger partial charge in [-0.25, -0.2) is 8.78 Å². The van der Waals surface area contributed by atoms with Crippen molar-refractivity contribution >= 4 is 11.8 Å². The van der Waals surface area contributed by atoms with Gasteiger partial charge in [0.25, 0.3) is 11.8 Å². The van der Waals surface area contributed by atoms with Crippen molar-refractivity contribution in [1.82, 2.24) is 15.0 Å². The fourth-order valence-corrected chi connectivity index (χ4v) is 3.32. The molecule has 0 spiro atoms. The molecule has 1 aliphatic heterocycles. The molecule has 4 rings (SSSR count). The summed E-state index contributed by atoms with van der Waals surface area (Å²) in [6, 6.07) is 12.4. The number of halogens is 2. The summed E-state index contributed by atoms with van der Waals surface area (Å²) in [5.41, 5.74) is 2.62. The van der Waals surface area contributed by atoms with Gasteiger partial charge in [-0.05, 0) is 25.1 Å². The number of aromatic nitrogens is 1. The minimum absolute atomic E-state index is 0.0756. The molecule has 0 unspecified atom stereocenters. The van der Waals surface area contributed by atoms with E-state index in [0.717, 1.165) is 23.3 Å². The van der Waals surface area contributed by atoms with Gasteiger partial charge < -0.3 is 14.3 Å². The molecule has 1 aromatic heterocycles. The second-order valence-electron chi connectivity index (χ2n) is 7.16. The van der Waals surface area contributed by atoms with Crippen LogP contribution in [0.2, 0.25) is 0 Å². The van der Waals surface area contributed by atoms with E-state index >= 15 is 0 Å². The van der Waals surface area contributed by atoms with E-state index in [2.05, 4.69) is 5.16 Å². The van der Waals surface area contributed by atoms with E-state index in [9.17, 15) is 18.4 Å². The van der Waals surface area contributed by atoms with Crippen molar-refractivity contribution in [3.8, 4) is 11.3 Å². The maximum absolute atomic E-state index is 13.4. The third-order valence-corrected chi connectivity index (χ3v) is 5.09. The Kier molecular flexibility index (Phi) is 5.31. The summed E-state index contributed by atoms with van der Waals surface area (Å²) < 4.78 is 31.7. The van der Waals surface area contributed by atoms with Crippen LogP contribution in [0.5, 0.6) is 0 Å². The molecule has 0 N–H and O–H groups in total. The molecule has 6 nitrogen and oxygen atoms in total. The van der Waals surface area contributed by atoms with Crippen molar-refractivity contribution in [2.75, 3.05) is 26.2 Å². The first-order valence-corrected chi connectivity index (χ1v) is 9.50. The van der Waals surface area contributed by atoms with Crippen LogP contribution in [0.15, 0.2) is 53.1 Å². The number of nitrogens with zero attached hydrogens (tertiary/aromatic N) is 3. The van der Waals surface area contributed by atoms with Crippen LogP contribution < -0.4 is 0 Å². The van der Waals surface area contributed by atoms with Crippen LogP contribution in [-0.2, 0) is 0 Å². The number of piperazine rings is 1. The predicted octanol–water partition coefficient (Wildman–Crippen LogP) is 3.53. The summed E-state index contributed by atoms with van der Waals surface area (Å²) in [5.74, 6) is -2.64. The third kappa shape index (κ3) is 3.94. The molecule has 3 aromatic rings. The standard InChI is InChI=1S/C22H19F2N3O3/c1-14-2-4-15(5-3-14)19-13-20(30-25-19)22(29)27-10-8-26(9-11-27)21(28)16-6-7-17(23)18(24)12-16/h2-7,12-13H,8-11H2,1H3. The van der Waals surface area contributed by atoms with E-state index in [0.29, 0.717) is 18.8 Å². The summed E-state index contributed by atoms with van der Waals surface area (Å²) in [6.07, 6.45) is 0. The Morgan fingerprint density at radius 2 is 1.50 bits per heavy atom. The molecule has 2 heterocycles. The van der Waals surface area contributed by atoms with Gasteiger partial charge in [-0.3, -0.25) is 9.59 Å². The minimum atomic E-state index is -1.07. The highest BCUT2D eigenvalue weighted by atomic mass is 19.2. The maximum Gasteiger partial charge on any atom is 0.292 e. The largest absolute Gasteiger partial charge is 0.350 e. The summed E-state index contributed by atoms with van der Waals surface area (Å²) in [4.78, 5) is 28.3. The molecule has 154 valence electrons. The highest BCUT2D eigenvalue weighted by molar-refractivity contribution is 5.95. The van der Waals surface area contributed by atoms with Crippen LogP contribution >= 0.6 is 0 Å². The van der Waals surface area contributed by atoms with Crippen LogP contribution in [0.3, 0.4) is 0 Å². The summed E-state index contributed by atoms with van der Waals surface area (Å²) in [6.45, 7) is 3.15. The van der Waals surface area contributed by atoms with Crippen molar-refractivity contribution in [2.45, 2.75) is 6.92 Å². The van der Waals surface area contributed by atoms with E-state index in [1.807, 2.05) is 31.2 Å². The number of carbonyl (C=O) groups is 2. The van der Waals surface area contributed by atoms with Crippen LogP contribution in [0.1, 0.15) is 26.5 Å². The third-order valence-electron chi connectivity index (χ3n) is 5.09. The Morgan fingerprint density at radius 1 is 0.867 bits per heavy atom. The molecule has 0 radical (unpaired) electrons. The molecule has 0 atom stereocenters. The first kappa shape index (κ1) is 19.8. The van der Waals surface area contributed by atoms with Gasteiger partial charge in [0.05, 0.1) is 0 Å². The van der Waals surface area contributed by atoms with E-state index in [1.165, 1.54) is 11.0 Å². The second kappa shape index (κ2) is 8.06. The number of hydrogen-bond acceptors (Lipinski definition) is 4. The number of amides is 2. The summed E-state index contributed by atoms with van der Waals surface area (Å²) in [7, 11) is 0. The van der Waals surface area contributed by atoms with Crippen molar-refractivity contribution in [3.63, 3.8) is 0 Å². The summed E-state index contributed by atoms with van der Waals surface area (Å²) >= 11 is 0. The lowest BCUT2D eigenvalue weighted by Gasteiger charge is -2.34. The Bertz CT molecular complexity index is 1090. The Labute approximate surface area is 171 Å². The molecular formula is C22H19F2N3O3. The first-order valence-electron chi connectivity index (χ1n) is 9.50. The molecule has 1 fully saturated rings. The lowest BCUT2D eigenvalue weighted by Crippen LogP contribution is -2.50. The molecule has 0 bridgehead atoms. The quantitative estimate of drug-likeness (QED) is 0.661. The van der Waals surface area contributed by atoms with E-state index in [4.69, 9.17) is 4.52 Å². The van der Waals surface area contributed by atoms with Crippen molar-refractivity contribution < 1.29 is 22.9 Å². The van der Waals surface area contributed by atoms with Gasteiger partial charge in [0.2, 0.25) is 5.76 Å². The van der Waals surface area contributed by atoms with E-state index < -0.39 is 17.5 Å². The fraction of sp³-hybridized carbons (Fsp3) is 0.227. The Balaban J connectivity index is 1.39. The van der Waals surface area contributed by atoms with Gasteiger partial charge in [-0.1, -0.05) is 35.0 Å². The lowest BCUT2D eigenvalue weighted by atomic mass is 10.1. The zero-order valence-electron chi connectivity index (χ0n) is 16.3. The monoisotopic (exact) mass is 411 g/mol. The van der Waals surface area contributed by atoms with Gasteiger partial charge in [0.15, 0.2) is 11.6 Å². The van der Waals surface area contributed by atoms with Gasteiger partial charge in [0.1, 0.15) is 5.69 Å². The fourth-order valence-electron chi connectivity index (χ4n) is 3.32. The molecule has 1 saturated heterocycles. The van der Waals surface area contributed by atoms with Crippen LogP contribution in [0, 0.1) is 18.6 Å². The van der Waals surface area contributed by atoms with Crippen LogP contribution in [-0.4, -0.2) is 52.9 Å². The number of benzene rings is 2. The molecule has 2 amide bonds. The average molecular weight is 411 g/mol. The van der Waals surface area contributed by atoms with Crippen molar-refractivity contribution in [2.24, 2.45) is 0 Å². The summed E-state index contributed by atoms with van der Waals surface area (Å²) in [5, 5.41) is 3.98.